The average Bonchev–Trinajstić information content (AvgIpc) is 3.42. The zero-order valence-corrected chi connectivity index (χ0v) is 17.8. The number of halogens is 2. The summed E-state index contributed by atoms with van der Waals surface area (Å²) in [7, 11) is 0. The molecule has 0 bridgehead atoms. The highest BCUT2D eigenvalue weighted by Gasteiger charge is 2.14. The second-order valence-electron chi connectivity index (χ2n) is 6.10. The summed E-state index contributed by atoms with van der Waals surface area (Å²) in [6.07, 6.45) is 0. The number of aromatic nitrogens is 3. The van der Waals surface area contributed by atoms with Crippen molar-refractivity contribution in [1.29, 1.82) is 0 Å². The minimum Gasteiger partial charge on any atom is -0.346 e. The molecule has 1 amide bonds. The number of thioether (sulfide) groups is 1. The third-order valence-electron chi connectivity index (χ3n) is 3.97. The Balaban J connectivity index is 1.30. The predicted molar refractivity (Wildman–Crippen MR) is 115 cm³/mol. The minimum absolute atomic E-state index is 0.277. The highest BCUT2D eigenvalue weighted by Crippen LogP contribution is 2.31. The van der Waals surface area contributed by atoms with Gasteiger partial charge in [0.05, 0.1) is 11.4 Å². The smallest absolute Gasteiger partial charge is 0.282 e. The van der Waals surface area contributed by atoms with Gasteiger partial charge in [0.1, 0.15) is 16.6 Å². The molecule has 0 aliphatic rings. The fraction of sp³-hybridized carbons (Fsp3) is 0.100. The van der Waals surface area contributed by atoms with E-state index in [0.717, 1.165) is 21.2 Å². The second-order valence-corrected chi connectivity index (χ2v) is 9.25. The van der Waals surface area contributed by atoms with Gasteiger partial charge in [-0.15, -0.1) is 21.5 Å². The van der Waals surface area contributed by atoms with Crippen LogP contribution in [0.25, 0.3) is 11.3 Å². The van der Waals surface area contributed by atoms with E-state index >= 15 is 0 Å². The first-order valence-corrected chi connectivity index (χ1v) is 11.4. The maximum absolute atomic E-state index is 13.0. The number of carbonyl (C=O) groups excluding carboxylic acids is 1. The first-order chi connectivity index (χ1) is 14.6. The van der Waals surface area contributed by atoms with E-state index in [4.69, 9.17) is 0 Å². The number of nitrogens with zero attached hydrogens (tertiary/aromatic N) is 3. The number of hydrogen-bond donors (Lipinski definition) is 1. The molecular formula is C20H14F2N4OS3. The molecule has 30 heavy (non-hydrogen) atoms. The molecular weight excluding hydrogens is 446 g/mol. The van der Waals surface area contributed by atoms with E-state index < -0.39 is 0 Å². The summed E-state index contributed by atoms with van der Waals surface area (Å²) in [6, 6.07) is 12.1. The molecule has 0 radical (unpaired) electrons. The minimum atomic E-state index is -0.319. The Morgan fingerprint density at radius 1 is 1.00 bits per heavy atom. The van der Waals surface area contributed by atoms with Crippen molar-refractivity contribution in [2.75, 3.05) is 0 Å². The average molecular weight is 461 g/mol. The first kappa shape index (κ1) is 20.6. The predicted octanol–water partition coefficient (Wildman–Crippen LogP) is 5.16. The van der Waals surface area contributed by atoms with Crippen molar-refractivity contribution in [2.24, 2.45) is 0 Å². The number of thiazole rings is 1. The molecule has 0 saturated carbocycles. The van der Waals surface area contributed by atoms with E-state index in [2.05, 4.69) is 20.5 Å². The number of benzene rings is 2. The zero-order chi connectivity index (χ0) is 20.9. The van der Waals surface area contributed by atoms with Gasteiger partial charge >= 0.3 is 0 Å². The lowest BCUT2D eigenvalue weighted by atomic mass is 10.2. The van der Waals surface area contributed by atoms with Crippen LogP contribution < -0.4 is 5.32 Å². The maximum atomic E-state index is 13.0. The van der Waals surface area contributed by atoms with Crippen molar-refractivity contribution in [3.63, 3.8) is 0 Å². The molecule has 0 spiro atoms. The van der Waals surface area contributed by atoms with Crippen molar-refractivity contribution >= 4 is 40.3 Å². The third kappa shape index (κ3) is 5.26. The van der Waals surface area contributed by atoms with Gasteiger partial charge in [0, 0.05) is 17.5 Å². The van der Waals surface area contributed by atoms with E-state index in [1.165, 1.54) is 58.7 Å². The van der Waals surface area contributed by atoms with Crippen LogP contribution in [0.2, 0.25) is 0 Å². The Bertz CT molecular complexity index is 1140. The maximum Gasteiger partial charge on any atom is 0.282 e. The summed E-state index contributed by atoms with van der Waals surface area (Å²) in [4.78, 5) is 16.8. The summed E-state index contributed by atoms with van der Waals surface area (Å²) < 4.78 is 26.8. The monoisotopic (exact) mass is 460 g/mol. The summed E-state index contributed by atoms with van der Waals surface area (Å²) in [5.74, 6) is -0.376. The van der Waals surface area contributed by atoms with Crippen LogP contribution >= 0.6 is 34.4 Å². The SMILES string of the molecule is O=C(NCc1ccc(F)cc1)c1nnc(CSc2nc(-c3ccc(F)cc3)cs2)s1. The highest BCUT2D eigenvalue weighted by molar-refractivity contribution is 8.00. The zero-order valence-electron chi connectivity index (χ0n) is 15.3. The number of amides is 1. The summed E-state index contributed by atoms with van der Waals surface area (Å²) >= 11 is 4.22. The lowest BCUT2D eigenvalue weighted by Gasteiger charge is -2.02. The van der Waals surface area contributed by atoms with Crippen LogP contribution in [0.5, 0.6) is 0 Å². The van der Waals surface area contributed by atoms with Gasteiger partial charge in [-0.3, -0.25) is 4.79 Å². The van der Waals surface area contributed by atoms with Crippen molar-refractivity contribution in [1.82, 2.24) is 20.5 Å². The molecule has 2 aromatic heterocycles. The Kier molecular flexibility index (Phi) is 6.46. The van der Waals surface area contributed by atoms with Crippen LogP contribution in [0, 0.1) is 11.6 Å². The van der Waals surface area contributed by atoms with E-state index in [-0.39, 0.29) is 29.1 Å². The van der Waals surface area contributed by atoms with Crippen molar-refractivity contribution < 1.29 is 13.6 Å². The molecule has 4 rings (SSSR count). The largest absolute Gasteiger partial charge is 0.346 e. The van der Waals surface area contributed by atoms with Gasteiger partial charge in [0.2, 0.25) is 5.01 Å². The Morgan fingerprint density at radius 2 is 1.70 bits per heavy atom. The fourth-order valence-electron chi connectivity index (χ4n) is 2.46. The van der Waals surface area contributed by atoms with Gasteiger partial charge in [0.15, 0.2) is 4.34 Å². The number of nitrogens with one attached hydrogen (secondary N) is 1. The highest BCUT2D eigenvalue weighted by atomic mass is 32.2. The molecule has 0 saturated heterocycles. The van der Waals surface area contributed by atoms with Gasteiger partial charge in [-0.2, -0.15) is 0 Å². The second kappa shape index (κ2) is 9.41. The van der Waals surface area contributed by atoms with Gasteiger partial charge in [-0.25, -0.2) is 13.8 Å². The van der Waals surface area contributed by atoms with Crippen molar-refractivity contribution in [3.8, 4) is 11.3 Å². The molecule has 10 heteroatoms. The van der Waals surface area contributed by atoms with Crippen LogP contribution in [0.3, 0.4) is 0 Å². The molecule has 4 aromatic rings. The molecule has 1 N–H and O–H groups in total. The topological polar surface area (TPSA) is 67.8 Å². The fourth-order valence-corrected chi connectivity index (χ4v) is 5.04. The van der Waals surface area contributed by atoms with Gasteiger partial charge in [-0.05, 0) is 42.0 Å². The van der Waals surface area contributed by atoms with Gasteiger partial charge in [-0.1, -0.05) is 35.2 Å². The van der Waals surface area contributed by atoms with Crippen LogP contribution in [-0.4, -0.2) is 21.1 Å². The molecule has 0 unspecified atom stereocenters. The van der Waals surface area contributed by atoms with Gasteiger partial charge < -0.3 is 5.32 Å². The van der Waals surface area contributed by atoms with E-state index in [0.29, 0.717) is 10.8 Å². The van der Waals surface area contributed by atoms with Gasteiger partial charge in [0.25, 0.3) is 5.91 Å². The van der Waals surface area contributed by atoms with Crippen molar-refractivity contribution in [2.45, 2.75) is 16.6 Å². The van der Waals surface area contributed by atoms with E-state index in [9.17, 15) is 13.6 Å². The standard InChI is InChI=1S/C20H14F2N4OS3/c21-14-5-1-12(2-6-14)9-23-18(27)19-26-25-17(30-19)11-29-20-24-16(10-28-20)13-3-7-15(22)8-4-13/h1-8,10H,9,11H2,(H,23,27). The van der Waals surface area contributed by atoms with E-state index in [1.54, 1.807) is 24.3 Å². The Hall–Kier alpha value is -2.69. The molecule has 0 fully saturated rings. The molecule has 2 heterocycles. The lowest BCUT2D eigenvalue weighted by Crippen LogP contribution is -2.22. The molecule has 0 aliphatic heterocycles. The molecule has 2 aromatic carbocycles. The van der Waals surface area contributed by atoms with Crippen LogP contribution in [0.1, 0.15) is 20.4 Å². The number of hydrogen-bond acceptors (Lipinski definition) is 7. The Labute approximate surface area is 183 Å². The van der Waals surface area contributed by atoms with Crippen LogP contribution in [0.15, 0.2) is 58.3 Å². The van der Waals surface area contributed by atoms with Crippen LogP contribution in [0.4, 0.5) is 8.78 Å². The quantitative estimate of drug-likeness (QED) is 0.386. The molecule has 152 valence electrons. The molecule has 0 aliphatic carbocycles. The summed E-state index contributed by atoms with van der Waals surface area (Å²) in [5.41, 5.74) is 2.45. The van der Waals surface area contributed by atoms with Crippen LogP contribution in [-0.2, 0) is 12.3 Å². The third-order valence-corrected chi connectivity index (χ3v) is 7.11. The first-order valence-electron chi connectivity index (χ1n) is 8.76. The Morgan fingerprint density at radius 3 is 2.43 bits per heavy atom. The summed E-state index contributed by atoms with van der Waals surface area (Å²) in [5, 5.41) is 13.7. The summed E-state index contributed by atoms with van der Waals surface area (Å²) in [6.45, 7) is 0.286. The number of carbonyl (C=O) groups is 1. The molecule has 0 atom stereocenters. The number of rotatable bonds is 7. The molecule has 5 nitrogen and oxygen atoms in total. The van der Waals surface area contributed by atoms with E-state index in [1.807, 2.05) is 5.38 Å². The van der Waals surface area contributed by atoms with Crippen molar-refractivity contribution in [3.05, 3.63) is 81.1 Å². The normalized spacial score (nSPS) is 10.9. The lowest BCUT2D eigenvalue weighted by molar-refractivity contribution is 0.0950.